The van der Waals surface area contributed by atoms with Gasteiger partial charge < -0.3 is 15.0 Å². The topological polar surface area (TPSA) is 73.2 Å². The van der Waals surface area contributed by atoms with Gasteiger partial charge >= 0.3 is 29.6 Å². The first-order valence-electron chi connectivity index (χ1n) is 13.5. The van der Waals surface area contributed by atoms with Gasteiger partial charge in [0.05, 0.1) is 11.6 Å². The molecule has 204 valence electrons. The number of hydrogen-bond acceptors (Lipinski definition) is 5. The molecule has 4 nitrogen and oxygen atoms in total. The summed E-state index contributed by atoms with van der Waals surface area (Å²) in [5.41, 5.74) is 6.76. The van der Waals surface area contributed by atoms with Gasteiger partial charge in [0.1, 0.15) is 0 Å². The molecular formula is C33H35ClNNaO3S. The molecule has 40 heavy (non-hydrogen) atoms. The molecule has 1 N–H and O–H groups in total. The van der Waals surface area contributed by atoms with Crippen LogP contribution in [0.4, 0.5) is 0 Å². The number of halogens is 1. The minimum Gasteiger partial charge on any atom is -0.550 e. The van der Waals surface area contributed by atoms with Crippen molar-refractivity contribution in [2.45, 2.75) is 57.3 Å². The van der Waals surface area contributed by atoms with Crippen molar-refractivity contribution in [2.24, 2.45) is 5.92 Å². The first-order valence-corrected chi connectivity index (χ1v) is 14.9. The molecule has 0 aliphatic heterocycles. The van der Waals surface area contributed by atoms with Crippen molar-refractivity contribution in [1.29, 1.82) is 0 Å². The maximum atomic E-state index is 11.4. The fraction of sp³-hybridized carbons (Fsp3) is 0.333. The van der Waals surface area contributed by atoms with Crippen molar-refractivity contribution in [3.8, 4) is 0 Å². The zero-order chi connectivity index (χ0) is 27.8. The summed E-state index contributed by atoms with van der Waals surface area (Å²) in [5, 5.41) is 23.2. The molecule has 0 aliphatic carbocycles. The number of aliphatic hydroxyl groups excluding tert-OH is 1. The van der Waals surface area contributed by atoms with E-state index in [1.807, 2.05) is 37.3 Å². The number of nitrogens with zero attached hydrogens (tertiary/aromatic N) is 1. The Bertz CT molecular complexity index is 1410. The van der Waals surface area contributed by atoms with E-state index in [9.17, 15) is 15.0 Å². The molecule has 3 unspecified atom stereocenters. The quantitative estimate of drug-likeness (QED) is 0.244. The standard InChI is InChI=1S/C33H36ClNO3S.Na/c1-22(33(37)38)21-39-32(17-13-25-7-3-4-8-27(25)18-23(2)36)28-9-5-6-24(19-28)10-15-30-16-12-26-11-14-29(34)20-31(26)35-30;/h3-9,11-12,14,16,19-20,22-23,32,36H,10,13,15,17-18,21H2,1-2H3,(H,37,38);/q;+1/p-1. The van der Waals surface area contributed by atoms with Crippen molar-refractivity contribution >= 4 is 40.2 Å². The first kappa shape index (κ1) is 32.7. The fourth-order valence-electron chi connectivity index (χ4n) is 4.77. The fourth-order valence-corrected chi connectivity index (χ4v) is 6.22. The number of pyridine rings is 1. The van der Waals surface area contributed by atoms with Crippen molar-refractivity contribution in [1.82, 2.24) is 4.98 Å². The van der Waals surface area contributed by atoms with Crippen LogP contribution in [0.15, 0.2) is 78.9 Å². The van der Waals surface area contributed by atoms with E-state index in [4.69, 9.17) is 16.6 Å². The number of carbonyl (C=O) groups is 1. The van der Waals surface area contributed by atoms with Crippen LogP contribution in [0.3, 0.4) is 0 Å². The number of thioether (sulfide) groups is 1. The van der Waals surface area contributed by atoms with Gasteiger partial charge in [-0.2, -0.15) is 11.8 Å². The van der Waals surface area contributed by atoms with Crippen LogP contribution >= 0.6 is 23.4 Å². The van der Waals surface area contributed by atoms with Gasteiger partial charge in [0.2, 0.25) is 0 Å². The molecule has 0 amide bonds. The van der Waals surface area contributed by atoms with E-state index in [1.165, 1.54) is 16.7 Å². The van der Waals surface area contributed by atoms with Gasteiger partial charge in [-0.25, -0.2) is 0 Å². The van der Waals surface area contributed by atoms with Crippen LogP contribution in [0, 0.1) is 5.92 Å². The van der Waals surface area contributed by atoms with E-state index in [1.54, 1.807) is 18.7 Å². The third-order valence-corrected chi connectivity index (χ3v) is 8.80. The summed E-state index contributed by atoms with van der Waals surface area (Å²) >= 11 is 7.84. The first-order chi connectivity index (χ1) is 18.8. The zero-order valence-corrected chi connectivity index (χ0v) is 27.0. The normalized spacial score (nSPS) is 13.4. The van der Waals surface area contributed by atoms with E-state index >= 15 is 0 Å². The van der Waals surface area contributed by atoms with Gasteiger partial charge in [0, 0.05) is 39.0 Å². The molecule has 0 aliphatic rings. The summed E-state index contributed by atoms with van der Waals surface area (Å²) in [5.74, 6) is -1.03. The molecule has 7 heteroatoms. The van der Waals surface area contributed by atoms with E-state index in [0.717, 1.165) is 47.8 Å². The summed E-state index contributed by atoms with van der Waals surface area (Å²) in [7, 11) is 0. The monoisotopic (exact) mass is 583 g/mol. The molecule has 0 bridgehead atoms. The minimum atomic E-state index is -1.01. The van der Waals surface area contributed by atoms with Crippen molar-refractivity contribution in [3.63, 3.8) is 0 Å². The number of hydrogen-bond donors (Lipinski definition) is 1. The largest absolute Gasteiger partial charge is 1.00 e. The average molecular weight is 584 g/mol. The summed E-state index contributed by atoms with van der Waals surface area (Å²) in [6.45, 7) is 3.52. The van der Waals surface area contributed by atoms with Gasteiger partial charge in [-0.1, -0.05) is 79.2 Å². The Morgan fingerprint density at radius 3 is 2.45 bits per heavy atom. The molecule has 3 aromatic carbocycles. The molecule has 3 atom stereocenters. The molecule has 0 fully saturated rings. The van der Waals surface area contributed by atoms with Crippen LogP contribution in [0.25, 0.3) is 10.9 Å². The molecule has 4 aromatic rings. The maximum absolute atomic E-state index is 11.4. The number of fused-ring (bicyclic) bond motifs is 1. The second-order valence-corrected chi connectivity index (χ2v) is 12.0. The predicted molar refractivity (Wildman–Crippen MR) is 160 cm³/mol. The summed E-state index contributed by atoms with van der Waals surface area (Å²) in [6, 6.07) is 26.8. The Hall–Kier alpha value is -1.86. The number of rotatable bonds is 13. The van der Waals surface area contributed by atoms with Crippen LogP contribution in [-0.2, 0) is 30.5 Å². The van der Waals surface area contributed by atoms with Crippen LogP contribution in [0.2, 0.25) is 5.02 Å². The molecule has 0 saturated heterocycles. The summed E-state index contributed by atoms with van der Waals surface area (Å²) in [4.78, 5) is 16.2. The Morgan fingerprint density at radius 2 is 1.70 bits per heavy atom. The van der Waals surface area contributed by atoms with E-state index in [-0.39, 0.29) is 34.8 Å². The number of benzene rings is 3. The van der Waals surface area contributed by atoms with Gasteiger partial charge in [-0.15, -0.1) is 0 Å². The maximum Gasteiger partial charge on any atom is 1.00 e. The molecule has 0 saturated carbocycles. The van der Waals surface area contributed by atoms with Crippen molar-refractivity contribution in [3.05, 3.63) is 112 Å². The molecule has 1 heterocycles. The van der Waals surface area contributed by atoms with Crippen molar-refractivity contribution < 1.29 is 44.6 Å². The number of aliphatic hydroxyl groups is 1. The van der Waals surface area contributed by atoms with E-state index < -0.39 is 18.0 Å². The number of aryl methyl sites for hydroxylation is 3. The minimum absolute atomic E-state index is 0. The molecule has 4 rings (SSSR count). The number of carboxylic acids is 1. The zero-order valence-electron chi connectivity index (χ0n) is 23.5. The third-order valence-electron chi connectivity index (χ3n) is 6.96. The second kappa shape index (κ2) is 16.0. The second-order valence-electron chi connectivity index (χ2n) is 10.3. The van der Waals surface area contributed by atoms with Crippen LogP contribution in [0.5, 0.6) is 0 Å². The molecule has 1 aromatic heterocycles. The van der Waals surface area contributed by atoms with Crippen molar-refractivity contribution in [2.75, 3.05) is 5.75 Å². The number of carbonyl (C=O) groups excluding carboxylic acids is 1. The Kier molecular flexibility index (Phi) is 13.0. The smallest absolute Gasteiger partial charge is 0.550 e. The molecule has 0 spiro atoms. The summed E-state index contributed by atoms with van der Waals surface area (Å²) in [6.07, 6.45) is 3.63. The Balaban J connectivity index is 0.00000441. The average Bonchev–Trinajstić information content (AvgIpc) is 2.92. The van der Waals surface area contributed by atoms with Gasteiger partial charge in [0.15, 0.2) is 0 Å². The predicted octanol–water partition coefficient (Wildman–Crippen LogP) is 3.39. The van der Waals surface area contributed by atoms with Gasteiger partial charge in [-0.3, -0.25) is 4.98 Å². The van der Waals surface area contributed by atoms with Crippen LogP contribution < -0.4 is 34.7 Å². The van der Waals surface area contributed by atoms with E-state index in [2.05, 4.69) is 48.5 Å². The Morgan fingerprint density at radius 1 is 0.950 bits per heavy atom. The number of aliphatic carboxylic acids is 1. The third kappa shape index (κ3) is 9.61. The van der Waals surface area contributed by atoms with Crippen LogP contribution in [0.1, 0.15) is 53.5 Å². The number of aromatic nitrogens is 1. The SMILES string of the molecule is CC(O)Cc1ccccc1CCC(SCC(C)C(=O)[O-])c1cccc(CCc2ccc3ccc(Cl)cc3n2)c1.[Na+]. The number of carboxylic acid groups (broad SMARTS) is 1. The van der Waals surface area contributed by atoms with Crippen LogP contribution in [-0.4, -0.2) is 27.9 Å². The molecular weight excluding hydrogens is 549 g/mol. The molecule has 0 radical (unpaired) electrons. The summed E-state index contributed by atoms with van der Waals surface area (Å²) < 4.78 is 0. The Labute approximate surface area is 268 Å². The van der Waals surface area contributed by atoms with Gasteiger partial charge in [-0.05, 0) is 79.5 Å². The van der Waals surface area contributed by atoms with E-state index in [0.29, 0.717) is 17.2 Å². The van der Waals surface area contributed by atoms with Gasteiger partial charge in [0.25, 0.3) is 0 Å².